The number of carbonyl (C=O) groups excluding carboxylic acids is 2. The molecule has 0 atom stereocenters. The molecule has 1 aromatic carbocycles. The van der Waals surface area contributed by atoms with Gasteiger partial charge in [0, 0.05) is 28.7 Å². The highest BCUT2D eigenvalue weighted by molar-refractivity contribution is 7.07. The number of likely N-dealkylation sites (N-methyl/N-ethyl adjacent to an activating group) is 1. The van der Waals surface area contributed by atoms with Crippen molar-refractivity contribution in [1.82, 2.24) is 9.47 Å². The number of thiazole rings is 1. The van der Waals surface area contributed by atoms with Gasteiger partial charge in [-0.1, -0.05) is 22.9 Å². The van der Waals surface area contributed by atoms with Gasteiger partial charge in [-0.2, -0.15) is 0 Å². The largest absolute Gasteiger partial charge is 0.459 e. The van der Waals surface area contributed by atoms with Crippen molar-refractivity contribution in [3.8, 4) is 11.3 Å². The molecule has 0 saturated carbocycles. The summed E-state index contributed by atoms with van der Waals surface area (Å²) in [5.74, 6) is 0.244. The van der Waals surface area contributed by atoms with E-state index in [4.69, 9.17) is 20.8 Å². The van der Waals surface area contributed by atoms with Crippen LogP contribution in [0.5, 0.6) is 0 Å². The summed E-state index contributed by atoms with van der Waals surface area (Å²) >= 11 is 6.90. The summed E-state index contributed by atoms with van der Waals surface area (Å²) in [6.45, 7) is 1.34. The molecule has 0 fully saturated rings. The molecular weight excluding hydrogens is 416 g/mol. The zero-order valence-electron chi connectivity index (χ0n) is 15.9. The second kappa shape index (κ2) is 9.11. The Balaban J connectivity index is 1.51. The molecule has 0 saturated heterocycles. The van der Waals surface area contributed by atoms with E-state index in [0.29, 0.717) is 22.2 Å². The fraction of sp³-hybridized carbons (Fsp3) is 0.250. The summed E-state index contributed by atoms with van der Waals surface area (Å²) in [5, 5.41) is 2.30. The van der Waals surface area contributed by atoms with Gasteiger partial charge in [0.25, 0.3) is 5.91 Å². The molecule has 2 aromatic heterocycles. The van der Waals surface area contributed by atoms with Crippen LogP contribution in [0.25, 0.3) is 11.3 Å². The molecule has 0 N–H and O–H groups in total. The molecule has 0 aliphatic rings. The van der Waals surface area contributed by atoms with Gasteiger partial charge in [-0.3, -0.25) is 19.0 Å². The molecule has 0 aliphatic heterocycles. The molecule has 0 unspecified atom stereocenters. The first-order valence-electron chi connectivity index (χ1n) is 8.72. The monoisotopic (exact) mass is 434 g/mol. The van der Waals surface area contributed by atoms with Crippen LogP contribution in [0.4, 0.5) is 0 Å². The summed E-state index contributed by atoms with van der Waals surface area (Å²) in [6.07, 6.45) is 0. The number of hydrogen-bond donors (Lipinski definition) is 0. The van der Waals surface area contributed by atoms with Gasteiger partial charge in [-0.15, -0.1) is 0 Å². The van der Waals surface area contributed by atoms with Gasteiger partial charge in [0.15, 0.2) is 6.61 Å². The van der Waals surface area contributed by atoms with E-state index in [1.165, 1.54) is 9.47 Å². The van der Waals surface area contributed by atoms with Crippen molar-refractivity contribution in [2.75, 3.05) is 13.7 Å². The average molecular weight is 435 g/mol. The predicted octanol–water partition coefficient (Wildman–Crippen LogP) is 3.33. The van der Waals surface area contributed by atoms with Crippen LogP contribution in [0.1, 0.15) is 11.5 Å². The Bertz CT molecular complexity index is 1070. The van der Waals surface area contributed by atoms with E-state index in [1.807, 2.05) is 18.2 Å². The van der Waals surface area contributed by atoms with Crippen molar-refractivity contribution in [2.45, 2.75) is 20.0 Å². The molecule has 1 amide bonds. The lowest BCUT2D eigenvalue weighted by Gasteiger charge is -2.15. The van der Waals surface area contributed by atoms with E-state index in [9.17, 15) is 14.4 Å². The lowest BCUT2D eigenvalue weighted by Crippen LogP contribution is -2.32. The minimum Gasteiger partial charge on any atom is -0.459 e. The Kier molecular flexibility index (Phi) is 6.56. The number of benzene rings is 1. The summed E-state index contributed by atoms with van der Waals surface area (Å²) in [5.41, 5.74) is 1.55. The number of nitrogens with zero attached hydrogens (tertiary/aromatic N) is 2. The number of esters is 1. The van der Waals surface area contributed by atoms with E-state index >= 15 is 0 Å². The molecule has 0 aliphatic carbocycles. The SMILES string of the molecule is Cc1csc(=O)n1CC(=O)OCC(=O)N(C)Cc1ccc(-c2ccc(Cl)cc2)o1. The molecule has 0 radical (unpaired) electrons. The first-order valence-corrected chi connectivity index (χ1v) is 9.98. The van der Waals surface area contributed by atoms with Crippen LogP contribution in [0.15, 0.2) is 51.0 Å². The van der Waals surface area contributed by atoms with Gasteiger partial charge < -0.3 is 14.1 Å². The highest BCUT2D eigenvalue weighted by Crippen LogP contribution is 2.24. The molecule has 2 heterocycles. The Morgan fingerprint density at radius 1 is 1.21 bits per heavy atom. The Morgan fingerprint density at radius 2 is 1.93 bits per heavy atom. The second-order valence-electron chi connectivity index (χ2n) is 6.41. The van der Waals surface area contributed by atoms with Crippen molar-refractivity contribution < 1.29 is 18.7 Å². The van der Waals surface area contributed by atoms with E-state index < -0.39 is 12.6 Å². The van der Waals surface area contributed by atoms with E-state index in [1.54, 1.807) is 37.6 Å². The number of halogens is 1. The van der Waals surface area contributed by atoms with Crippen LogP contribution in [-0.2, 0) is 27.4 Å². The summed E-state index contributed by atoms with van der Waals surface area (Å²) < 4.78 is 12.1. The molecule has 0 bridgehead atoms. The molecule has 152 valence electrons. The highest BCUT2D eigenvalue weighted by Gasteiger charge is 2.16. The molecule has 3 rings (SSSR count). The van der Waals surface area contributed by atoms with E-state index in [0.717, 1.165) is 16.9 Å². The maximum atomic E-state index is 12.2. The number of aryl methyl sites for hydroxylation is 1. The van der Waals surface area contributed by atoms with Crippen LogP contribution < -0.4 is 4.87 Å². The first-order chi connectivity index (χ1) is 13.8. The number of furan rings is 1. The second-order valence-corrected chi connectivity index (χ2v) is 7.67. The lowest BCUT2D eigenvalue weighted by molar-refractivity contribution is -0.152. The van der Waals surface area contributed by atoms with Crippen molar-refractivity contribution in [2.24, 2.45) is 0 Å². The van der Waals surface area contributed by atoms with Crippen LogP contribution in [0.2, 0.25) is 5.02 Å². The highest BCUT2D eigenvalue weighted by atomic mass is 35.5. The van der Waals surface area contributed by atoms with Crippen molar-refractivity contribution in [3.63, 3.8) is 0 Å². The number of aromatic nitrogens is 1. The van der Waals surface area contributed by atoms with E-state index in [-0.39, 0.29) is 23.9 Å². The average Bonchev–Trinajstić information content (AvgIpc) is 3.28. The predicted molar refractivity (Wildman–Crippen MR) is 110 cm³/mol. The zero-order chi connectivity index (χ0) is 21.0. The normalized spacial score (nSPS) is 10.7. The number of carbonyl (C=O) groups is 2. The van der Waals surface area contributed by atoms with Gasteiger partial charge in [0.05, 0.1) is 6.54 Å². The smallest absolute Gasteiger partial charge is 0.326 e. The topological polar surface area (TPSA) is 81.8 Å². The standard InChI is InChI=1S/C20H19ClN2O5S/c1-13-12-29-20(26)23(13)10-19(25)27-11-18(24)22(2)9-16-7-8-17(28-16)14-3-5-15(21)6-4-14/h3-8,12H,9-11H2,1-2H3. The maximum absolute atomic E-state index is 12.2. The number of hydrogen-bond acceptors (Lipinski definition) is 6. The Hall–Kier alpha value is -2.84. The maximum Gasteiger partial charge on any atom is 0.326 e. The van der Waals surface area contributed by atoms with Gasteiger partial charge in [-0.05, 0) is 43.3 Å². The third-order valence-electron chi connectivity index (χ3n) is 4.23. The molecule has 7 nitrogen and oxygen atoms in total. The molecular formula is C20H19ClN2O5S. The molecule has 3 aromatic rings. The molecule has 0 spiro atoms. The Morgan fingerprint density at radius 3 is 2.59 bits per heavy atom. The van der Waals surface area contributed by atoms with Crippen LogP contribution in [0, 0.1) is 6.92 Å². The van der Waals surface area contributed by atoms with E-state index in [2.05, 4.69) is 0 Å². The Labute approximate surface area is 176 Å². The number of rotatable bonds is 7. The third kappa shape index (κ3) is 5.36. The van der Waals surface area contributed by atoms with Gasteiger partial charge in [0.1, 0.15) is 18.1 Å². The minimum absolute atomic E-state index is 0.214. The summed E-state index contributed by atoms with van der Waals surface area (Å²) in [7, 11) is 1.59. The van der Waals surface area contributed by atoms with Crippen molar-refractivity contribution in [1.29, 1.82) is 0 Å². The van der Waals surface area contributed by atoms with Crippen LogP contribution >= 0.6 is 22.9 Å². The fourth-order valence-corrected chi connectivity index (χ4v) is 3.44. The molecule has 29 heavy (non-hydrogen) atoms. The summed E-state index contributed by atoms with van der Waals surface area (Å²) in [6, 6.07) is 10.8. The van der Waals surface area contributed by atoms with Gasteiger partial charge in [0.2, 0.25) is 0 Å². The van der Waals surface area contributed by atoms with Gasteiger partial charge in [-0.25, -0.2) is 0 Å². The third-order valence-corrected chi connectivity index (χ3v) is 5.36. The minimum atomic E-state index is -0.640. The zero-order valence-corrected chi connectivity index (χ0v) is 17.5. The van der Waals surface area contributed by atoms with Crippen molar-refractivity contribution >= 4 is 34.8 Å². The number of ether oxygens (including phenoxy) is 1. The first kappa shape index (κ1) is 20.9. The fourth-order valence-electron chi connectivity index (χ4n) is 2.58. The molecule has 9 heteroatoms. The quantitative estimate of drug-likeness (QED) is 0.533. The lowest BCUT2D eigenvalue weighted by atomic mass is 10.2. The van der Waals surface area contributed by atoms with Crippen LogP contribution in [0.3, 0.4) is 0 Å². The van der Waals surface area contributed by atoms with Gasteiger partial charge >= 0.3 is 10.8 Å². The summed E-state index contributed by atoms with van der Waals surface area (Å²) in [4.78, 5) is 36.9. The van der Waals surface area contributed by atoms with Crippen molar-refractivity contribution in [3.05, 3.63) is 67.9 Å². The number of amides is 1. The van der Waals surface area contributed by atoms with Crippen LogP contribution in [-0.4, -0.2) is 35.0 Å².